The molecule has 0 aliphatic carbocycles. The number of benzene rings is 1. The van der Waals surface area contributed by atoms with Gasteiger partial charge in [0.15, 0.2) is 0 Å². The third kappa shape index (κ3) is 2.88. The van der Waals surface area contributed by atoms with Crippen LogP contribution in [0.5, 0.6) is 0 Å². The Labute approximate surface area is 107 Å². The van der Waals surface area contributed by atoms with Gasteiger partial charge < -0.3 is 5.32 Å². The molecule has 0 saturated heterocycles. The summed E-state index contributed by atoms with van der Waals surface area (Å²) in [7, 11) is 2.02. The minimum Gasteiger partial charge on any atom is -0.312 e. The van der Waals surface area contributed by atoms with Crippen LogP contribution >= 0.6 is 11.3 Å². The summed E-state index contributed by atoms with van der Waals surface area (Å²) < 4.78 is 1.37. The zero-order valence-electron chi connectivity index (χ0n) is 10.3. The molecule has 1 heterocycles. The van der Waals surface area contributed by atoms with Gasteiger partial charge in [-0.1, -0.05) is 18.2 Å². The van der Waals surface area contributed by atoms with Crippen LogP contribution in [0.1, 0.15) is 30.7 Å². The van der Waals surface area contributed by atoms with E-state index >= 15 is 0 Å². The van der Waals surface area contributed by atoms with Crippen molar-refractivity contribution in [3.8, 4) is 11.8 Å². The highest BCUT2D eigenvalue weighted by Crippen LogP contribution is 2.31. The molecule has 2 aromatic rings. The molecule has 0 bridgehead atoms. The Morgan fingerprint density at radius 3 is 2.88 bits per heavy atom. The van der Waals surface area contributed by atoms with E-state index in [9.17, 15) is 0 Å². The maximum Gasteiger partial charge on any atom is 0.0421 e. The quantitative estimate of drug-likeness (QED) is 0.801. The van der Waals surface area contributed by atoms with E-state index in [2.05, 4.69) is 47.5 Å². The highest BCUT2D eigenvalue weighted by molar-refractivity contribution is 7.19. The van der Waals surface area contributed by atoms with Crippen LogP contribution in [0.3, 0.4) is 0 Å². The first-order chi connectivity index (χ1) is 8.35. The van der Waals surface area contributed by atoms with Crippen LogP contribution in [0.15, 0.2) is 30.3 Å². The normalized spacial score (nSPS) is 12.1. The number of hydrogen-bond donors (Lipinski definition) is 1. The van der Waals surface area contributed by atoms with Gasteiger partial charge in [0.05, 0.1) is 0 Å². The van der Waals surface area contributed by atoms with Gasteiger partial charge in [-0.2, -0.15) is 0 Å². The van der Waals surface area contributed by atoms with E-state index < -0.39 is 0 Å². The van der Waals surface area contributed by atoms with Gasteiger partial charge in [0.2, 0.25) is 0 Å². The third-order valence-corrected chi connectivity index (χ3v) is 4.10. The first-order valence-corrected chi connectivity index (χ1v) is 6.72. The molecule has 0 aliphatic rings. The Hall–Kier alpha value is -1.30. The van der Waals surface area contributed by atoms with E-state index in [-0.39, 0.29) is 0 Å². The summed E-state index contributed by atoms with van der Waals surface area (Å²) >= 11 is 1.88. The molecular weight excluding hydrogens is 226 g/mol. The van der Waals surface area contributed by atoms with Crippen molar-refractivity contribution in [1.29, 1.82) is 0 Å². The van der Waals surface area contributed by atoms with E-state index in [0.29, 0.717) is 6.04 Å². The van der Waals surface area contributed by atoms with E-state index in [1.165, 1.54) is 15.0 Å². The molecular formula is C15H17NS. The molecule has 0 aliphatic heterocycles. The maximum atomic E-state index is 3.38. The summed E-state index contributed by atoms with van der Waals surface area (Å²) in [5.41, 5.74) is 0. The summed E-state index contributed by atoms with van der Waals surface area (Å²) in [4.78, 5) is 1.41. The zero-order chi connectivity index (χ0) is 12.1. The monoisotopic (exact) mass is 243 g/mol. The Balaban J connectivity index is 2.19. The second-order valence-electron chi connectivity index (χ2n) is 3.99. The molecule has 1 N–H and O–H groups in total. The molecule has 0 spiro atoms. The summed E-state index contributed by atoms with van der Waals surface area (Å²) in [6, 6.07) is 11.3. The lowest BCUT2D eigenvalue weighted by molar-refractivity contribution is 0.567. The van der Waals surface area contributed by atoms with E-state index in [4.69, 9.17) is 0 Å². The van der Waals surface area contributed by atoms with Crippen LogP contribution in [-0.2, 0) is 0 Å². The first-order valence-electron chi connectivity index (χ1n) is 5.90. The summed E-state index contributed by atoms with van der Waals surface area (Å²) in [5.74, 6) is 6.08. The standard InChI is InChI=1S/C15H17NS/c1-3-4-5-9-13(16-2)15-11-12-8-6-7-10-14(12)17-15/h6-8,10-11,13,16H,5,9H2,1-2H3. The predicted molar refractivity (Wildman–Crippen MR) is 76.3 cm³/mol. The van der Waals surface area contributed by atoms with E-state index in [0.717, 1.165) is 12.8 Å². The van der Waals surface area contributed by atoms with Crippen LogP contribution in [0.25, 0.3) is 10.1 Å². The summed E-state index contributed by atoms with van der Waals surface area (Å²) in [5, 5.41) is 4.72. The molecule has 17 heavy (non-hydrogen) atoms. The summed E-state index contributed by atoms with van der Waals surface area (Å²) in [6.07, 6.45) is 2.03. The van der Waals surface area contributed by atoms with Crippen molar-refractivity contribution in [3.05, 3.63) is 35.2 Å². The van der Waals surface area contributed by atoms with Gasteiger partial charge >= 0.3 is 0 Å². The fourth-order valence-corrected chi connectivity index (χ4v) is 3.15. The van der Waals surface area contributed by atoms with Crippen LogP contribution in [0.2, 0.25) is 0 Å². The van der Waals surface area contributed by atoms with Crippen molar-refractivity contribution in [2.24, 2.45) is 0 Å². The predicted octanol–water partition coefficient (Wildman–Crippen LogP) is 3.97. The molecule has 1 atom stereocenters. The average molecular weight is 243 g/mol. The summed E-state index contributed by atoms with van der Waals surface area (Å²) in [6.45, 7) is 1.90. The molecule has 1 unspecified atom stereocenters. The maximum absolute atomic E-state index is 3.38. The number of hydrogen-bond acceptors (Lipinski definition) is 2. The first kappa shape index (κ1) is 12.2. The van der Waals surface area contributed by atoms with Crippen LogP contribution in [0, 0.1) is 11.8 Å². The Bertz CT molecular complexity index is 512. The van der Waals surface area contributed by atoms with Gasteiger partial charge in [-0.3, -0.25) is 0 Å². The molecule has 0 radical (unpaired) electrons. The van der Waals surface area contributed by atoms with E-state index in [1.54, 1.807) is 0 Å². The lowest BCUT2D eigenvalue weighted by atomic mass is 10.1. The minimum absolute atomic E-state index is 0.424. The minimum atomic E-state index is 0.424. The molecule has 2 heteroatoms. The highest BCUT2D eigenvalue weighted by atomic mass is 32.1. The number of fused-ring (bicyclic) bond motifs is 1. The van der Waals surface area contributed by atoms with Crippen molar-refractivity contribution in [3.63, 3.8) is 0 Å². The van der Waals surface area contributed by atoms with Gasteiger partial charge in [-0.05, 0) is 37.9 Å². The molecule has 0 fully saturated rings. The van der Waals surface area contributed by atoms with Crippen molar-refractivity contribution >= 4 is 21.4 Å². The Morgan fingerprint density at radius 2 is 2.18 bits per heavy atom. The molecule has 1 aromatic carbocycles. The van der Waals surface area contributed by atoms with Gasteiger partial charge in [0, 0.05) is 22.0 Å². The van der Waals surface area contributed by atoms with Crippen molar-refractivity contribution in [2.45, 2.75) is 25.8 Å². The largest absolute Gasteiger partial charge is 0.312 e. The molecule has 88 valence electrons. The molecule has 2 rings (SSSR count). The third-order valence-electron chi connectivity index (χ3n) is 2.87. The fraction of sp³-hybridized carbons (Fsp3) is 0.333. The van der Waals surface area contributed by atoms with Crippen molar-refractivity contribution < 1.29 is 0 Å². The highest BCUT2D eigenvalue weighted by Gasteiger charge is 2.11. The van der Waals surface area contributed by atoms with Crippen LogP contribution in [0.4, 0.5) is 0 Å². The van der Waals surface area contributed by atoms with Crippen molar-refractivity contribution in [2.75, 3.05) is 7.05 Å². The number of rotatable bonds is 4. The fourth-order valence-electron chi connectivity index (χ4n) is 1.94. The molecule has 0 saturated carbocycles. The average Bonchev–Trinajstić information content (AvgIpc) is 2.78. The lowest BCUT2D eigenvalue weighted by Crippen LogP contribution is -2.14. The topological polar surface area (TPSA) is 12.0 Å². The SMILES string of the molecule is CC#CCCC(NC)c1cc2ccccc2s1. The van der Waals surface area contributed by atoms with Gasteiger partial charge in [-0.25, -0.2) is 0 Å². The smallest absolute Gasteiger partial charge is 0.0421 e. The van der Waals surface area contributed by atoms with Crippen LogP contribution in [-0.4, -0.2) is 7.05 Å². The second kappa shape index (κ2) is 5.86. The zero-order valence-corrected chi connectivity index (χ0v) is 11.1. The second-order valence-corrected chi connectivity index (χ2v) is 5.11. The van der Waals surface area contributed by atoms with Crippen LogP contribution < -0.4 is 5.32 Å². The van der Waals surface area contributed by atoms with Gasteiger partial charge in [0.25, 0.3) is 0 Å². The number of thiophene rings is 1. The number of nitrogens with one attached hydrogen (secondary N) is 1. The van der Waals surface area contributed by atoms with E-state index in [1.807, 2.05) is 25.3 Å². The molecule has 1 aromatic heterocycles. The molecule has 1 nitrogen and oxygen atoms in total. The van der Waals surface area contributed by atoms with Crippen molar-refractivity contribution in [1.82, 2.24) is 5.32 Å². The Kier molecular flexibility index (Phi) is 4.19. The lowest BCUT2D eigenvalue weighted by Gasteiger charge is -2.12. The van der Waals surface area contributed by atoms with Gasteiger partial charge in [-0.15, -0.1) is 23.2 Å². The molecule has 0 amide bonds. The van der Waals surface area contributed by atoms with Gasteiger partial charge in [0.1, 0.15) is 0 Å². The Morgan fingerprint density at radius 1 is 1.35 bits per heavy atom.